The van der Waals surface area contributed by atoms with E-state index in [9.17, 15) is 4.79 Å². The van der Waals surface area contributed by atoms with Crippen molar-refractivity contribution in [2.75, 3.05) is 20.3 Å². The number of ether oxygens (including phenoxy) is 1. The largest absolute Gasteiger partial charge is 0.375 e. The predicted molar refractivity (Wildman–Crippen MR) is 43.2 cm³/mol. The molecule has 11 heavy (non-hydrogen) atoms. The average Bonchev–Trinajstić information content (AvgIpc) is 1.87. The van der Waals surface area contributed by atoms with E-state index in [0.29, 0.717) is 6.54 Å². The van der Waals surface area contributed by atoms with Crippen LogP contribution in [0, 0.1) is 0 Å². The Labute approximate surface area is 67.1 Å². The molecule has 0 radical (unpaired) electrons. The highest BCUT2D eigenvalue weighted by Crippen LogP contribution is 1.86. The van der Waals surface area contributed by atoms with Gasteiger partial charge in [-0.15, -0.1) is 0 Å². The Morgan fingerprint density at radius 3 is 2.82 bits per heavy atom. The van der Waals surface area contributed by atoms with Gasteiger partial charge in [-0.25, -0.2) is 0 Å². The van der Waals surface area contributed by atoms with Crippen LogP contribution in [0.15, 0.2) is 0 Å². The van der Waals surface area contributed by atoms with E-state index < -0.39 is 0 Å². The summed E-state index contributed by atoms with van der Waals surface area (Å²) in [5.74, 6) is -0.0894. The quantitative estimate of drug-likeness (QED) is 0.569. The molecule has 0 saturated carbocycles. The van der Waals surface area contributed by atoms with Crippen molar-refractivity contribution in [3.63, 3.8) is 0 Å². The first kappa shape index (κ1) is 10.4. The second-order valence-electron chi connectivity index (χ2n) is 2.48. The third-order valence-corrected chi connectivity index (χ3v) is 1.28. The van der Waals surface area contributed by atoms with E-state index >= 15 is 0 Å². The van der Waals surface area contributed by atoms with Crippen LogP contribution in [0.25, 0.3) is 0 Å². The molecule has 0 aromatic rings. The number of hydrogen-bond donors (Lipinski definition) is 2. The molecule has 0 aromatic carbocycles. The number of carbonyl (C=O) groups is 1. The molecule has 0 aliphatic rings. The van der Waals surface area contributed by atoms with Gasteiger partial charge in [0.1, 0.15) is 6.61 Å². The Kier molecular flexibility index (Phi) is 5.78. The summed E-state index contributed by atoms with van der Waals surface area (Å²) in [5, 5.41) is 2.74. The van der Waals surface area contributed by atoms with Crippen LogP contribution in [0.2, 0.25) is 0 Å². The summed E-state index contributed by atoms with van der Waals surface area (Å²) < 4.78 is 4.64. The summed E-state index contributed by atoms with van der Waals surface area (Å²) in [7, 11) is 1.49. The summed E-state index contributed by atoms with van der Waals surface area (Å²) in [6.07, 6.45) is 0.801. The van der Waals surface area contributed by atoms with E-state index in [1.807, 2.05) is 6.92 Å². The zero-order valence-electron chi connectivity index (χ0n) is 7.09. The lowest BCUT2D eigenvalue weighted by Crippen LogP contribution is -2.36. The molecule has 0 bridgehead atoms. The molecule has 0 aliphatic heterocycles. The maximum atomic E-state index is 10.9. The molecule has 0 fully saturated rings. The Bertz CT molecular complexity index is 117. The zero-order valence-corrected chi connectivity index (χ0v) is 7.09. The molecule has 0 aliphatic carbocycles. The van der Waals surface area contributed by atoms with E-state index in [1.54, 1.807) is 0 Å². The van der Waals surface area contributed by atoms with E-state index in [1.165, 1.54) is 7.11 Å². The molecule has 0 aromatic heterocycles. The van der Waals surface area contributed by atoms with E-state index in [4.69, 9.17) is 5.73 Å². The highest BCUT2D eigenvalue weighted by molar-refractivity contribution is 5.77. The molecule has 0 rings (SSSR count). The van der Waals surface area contributed by atoms with Gasteiger partial charge in [-0.1, -0.05) is 0 Å². The van der Waals surface area contributed by atoms with E-state index in [0.717, 1.165) is 6.42 Å². The molecule has 1 atom stereocenters. The van der Waals surface area contributed by atoms with Gasteiger partial charge in [0.2, 0.25) is 5.91 Å². The lowest BCUT2D eigenvalue weighted by atomic mass is 10.2. The fraction of sp³-hybridized carbons (Fsp3) is 0.857. The summed E-state index contributed by atoms with van der Waals surface area (Å²) in [4.78, 5) is 10.9. The van der Waals surface area contributed by atoms with Crippen molar-refractivity contribution >= 4 is 5.91 Å². The van der Waals surface area contributed by atoms with Crippen LogP contribution >= 0.6 is 0 Å². The smallest absolute Gasteiger partial charge is 0.246 e. The van der Waals surface area contributed by atoms with E-state index in [2.05, 4.69) is 10.1 Å². The normalized spacial score (nSPS) is 12.6. The Hall–Kier alpha value is -0.610. The van der Waals surface area contributed by atoms with Gasteiger partial charge in [-0.05, 0) is 19.9 Å². The summed E-state index contributed by atoms with van der Waals surface area (Å²) >= 11 is 0. The number of nitrogens with one attached hydrogen (secondary N) is 1. The molecule has 66 valence electrons. The van der Waals surface area contributed by atoms with Gasteiger partial charge in [0.15, 0.2) is 0 Å². The van der Waals surface area contributed by atoms with Gasteiger partial charge in [0.25, 0.3) is 0 Å². The molecule has 4 heteroatoms. The molecule has 4 nitrogen and oxygen atoms in total. The highest BCUT2D eigenvalue weighted by Gasteiger charge is 2.04. The lowest BCUT2D eigenvalue weighted by molar-refractivity contribution is -0.125. The molecular weight excluding hydrogens is 144 g/mol. The predicted octanol–water partition coefficient (Wildman–Crippen LogP) is -0.514. The SMILES string of the molecule is COCC(=O)NC(C)CCN. The molecule has 1 unspecified atom stereocenters. The number of hydrogen-bond acceptors (Lipinski definition) is 3. The van der Waals surface area contributed by atoms with Gasteiger partial charge in [-0.3, -0.25) is 4.79 Å². The highest BCUT2D eigenvalue weighted by atomic mass is 16.5. The van der Waals surface area contributed by atoms with Crippen molar-refractivity contribution in [1.82, 2.24) is 5.32 Å². The zero-order chi connectivity index (χ0) is 8.69. The Morgan fingerprint density at radius 2 is 2.36 bits per heavy atom. The molecule has 1 amide bonds. The summed E-state index contributed by atoms with van der Waals surface area (Å²) in [6.45, 7) is 2.63. The fourth-order valence-corrected chi connectivity index (χ4v) is 0.770. The average molecular weight is 160 g/mol. The van der Waals surface area contributed by atoms with Crippen molar-refractivity contribution in [2.24, 2.45) is 5.73 Å². The van der Waals surface area contributed by atoms with Crippen LogP contribution in [0.4, 0.5) is 0 Å². The summed E-state index contributed by atoms with van der Waals surface area (Å²) in [5.41, 5.74) is 5.30. The third-order valence-electron chi connectivity index (χ3n) is 1.28. The number of amides is 1. The topological polar surface area (TPSA) is 64.3 Å². The minimum atomic E-state index is -0.0894. The van der Waals surface area contributed by atoms with Crippen molar-refractivity contribution < 1.29 is 9.53 Å². The molecule has 0 heterocycles. The molecule has 0 saturated heterocycles. The minimum Gasteiger partial charge on any atom is -0.375 e. The third kappa shape index (κ3) is 5.82. The Balaban J connectivity index is 3.40. The minimum absolute atomic E-state index is 0.0894. The molecule has 0 spiro atoms. The fourth-order valence-electron chi connectivity index (χ4n) is 0.770. The lowest BCUT2D eigenvalue weighted by Gasteiger charge is -2.11. The Morgan fingerprint density at radius 1 is 1.73 bits per heavy atom. The second kappa shape index (κ2) is 6.12. The molecule has 3 N–H and O–H groups in total. The standard InChI is InChI=1S/C7H16N2O2/c1-6(3-4-8)9-7(10)5-11-2/h6H,3-5,8H2,1-2H3,(H,9,10). The monoisotopic (exact) mass is 160 g/mol. The van der Waals surface area contributed by atoms with Crippen LogP contribution < -0.4 is 11.1 Å². The van der Waals surface area contributed by atoms with Gasteiger partial charge >= 0.3 is 0 Å². The van der Waals surface area contributed by atoms with Crippen molar-refractivity contribution in [3.05, 3.63) is 0 Å². The van der Waals surface area contributed by atoms with Gasteiger partial charge in [0, 0.05) is 13.2 Å². The first-order valence-corrected chi connectivity index (χ1v) is 3.69. The van der Waals surface area contributed by atoms with Gasteiger partial charge in [-0.2, -0.15) is 0 Å². The van der Waals surface area contributed by atoms with Crippen LogP contribution in [0.5, 0.6) is 0 Å². The van der Waals surface area contributed by atoms with Crippen LogP contribution in [-0.2, 0) is 9.53 Å². The van der Waals surface area contributed by atoms with Crippen LogP contribution in [0.3, 0.4) is 0 Å². The van der Waals surface area contributed by atoms with Crippen LogP contribution in [0.1, 0.15) is 13.3 Å². The molecular formula is C7H16N2O2. The number of nitrogens with two attached hydrogens (primary N) is 1. The maximum Gasteiger partial charge on any atom is 0.246 e. The first-order valence-electron chi connectivity index (χ1n) is 3.69. The van der Waals surface area contributed by atoms with Gasteiger partial charge in [0.05, 0.1) is 0 Å². The first-order chi connectivity index (χ1) is 5.20. The van der Waals surface area contributed by atoms with Crippen molar-refractivity contribution in [1.29, 1.82) is 0 Å². The van der Waals surface area contributed by atoms with Crippen molar-refractivity contribution in [3.8, 4) is 0 Å². The summed E-state index contributed by atoms with van der Waals surface area (Å²) in [6, 6.07) is 0.141. The van der Waals surface area contributed by atoms with Gasteiger partial charge < -0.3 is 15.8 Å². The number of methoxy groups -OCH3 is 1. The van der Waals surface area contributed by atoms with E-state index in [-0.39, 0.29) is 18.6 Å². The van der Waals surface area contributed by atoms with Crippen LogP contribution in [-0.4, -0.2) is 32.2 Å². The van der Waals surface area contributed by atoms with Crippen molar-refractivity contribution in [2.45, 2.75) is 19.4 Å². The maximum absolute atomic E-state index is 10.9. The number of carbonyl (C=O) groups excluding carboxylic acids is 1. The second-order valence-corrected chi connectivity index (χ2v) is 2.48. The number of rotatable bonds is 5.